The number of para-hydroxylation sites is 1. The molecule has 0 spiro atoms. The summed E-state index contributed by atoms with van der Waals surface area (Å²) >= 11 is 0. The first-order chi connectivity index (χ1) is 21.3. The van der Waals surface area contributed by atoms with Crippen molar-refractivity contribution in [3.8, 4) is 45.5 Å². The van der Waals surface area contributed by atoms with E-state index in [9.17, 15) is 0 Å². The fraction of sp³-hybridized carbons (Fsp3) is 0.0256. The zero-order valence-electron chi connectivity index (χ0n) is 23.1. The summed E-state index contributed by atoms with van der Waals surface area (Å²) in [5.74, 6) is 3.34. The molecule has 0 bridgehead atoms. The minimum atomic E-state index is -0.496. The first kappa shape index (κ1) is 23.9. The van der Waals surface area contributed by atoms with Crippen molar-refractivity contribution in [2.75, 3.05) is 0 Å². The highest BCUT2D eigenvalue weighted by Crippen LogP contribution is 2.59. The number of hydrogen-bond acceptors (Lipinski definition) is 4. The molecule has 0 atom stereocenters. The molecule has 1 aliphatic heterocycles. The molecule has 2 heterocycles. The lowest BCUT2D eigenvalue weighted by molar-refractivity contribution is 0.359. The Morgan fingerprint density at radius 2 is 1.14 bits per heavy atom. The third-order valence-corrected chi connectivity index (χ3v) is 8.65. The van der Waals surface area contributed by atoms with Gasteiger partial charge < -0.3 is 9.47 Å². The minimum absolute atomic E-state index is 0.496. The largest absolute Gasteiger partial charge is 0.450 e. The quantitative estimate of drug-likeness (QED) is 0.219. The molecule has 7 aromatic rings. The Bertz CT molecular complexity index is 2150. The van der Waals surface area contributed by atoms with E-state index in [0.717, 1.165) is 22.0 Å². The van der Waals surface area contributed by atoms with Gasteiger partial charge in [-0.15, -0.1) is 0 Å². The Labute approximate surface area is 248 Å². The molecule has 4 nitrogen and oxygen atoms in total. The van der Waals surface area contributed by atoms with E-state index < -0.39 is 5.41 Å². The van der Waals surface area contributed by atoms with Crippen molar-refractivity contribution in [3.63, 3.8) is 0 Å². The number of aromatic nitrogens is 2. The van der Waals surface area contributed by atoms with E-state index in [1.165, 1.54) is 27.8 Å². The molecule has 4 heteroatoms. The summed E-state index contributed by atoms with van der Waals surface area (Å²) in [6.45, 7) is 0. The van der Waals surface area contributed by atoms with Gasteiger partial charge in [-0.05, 0) is 69.8 Å². The molecule has 1 aliphatic carbocycles. The van der Waals surface area contributed by atoms with Gasteiger partial charge in [-0.2, -0.15) is 0 Å². The topological polar surface area (TPSA) is 44.2 Å². The molecule has 0 saturated heterocycles. The lowest BCUT2D eigenvalue weighted by Crippen LogP contribution is -2.28. The number of benzene rings is 6. The van der Waals surface area contributed by atoms with Gasteiger partial charge in [-0.1, -0.05) is 103 Å². The van der Waals surface area contributed by atoms with Crippen LogP contribution in [0.15, 0.2) is 146 Å². The van der Waals surface area contributed by atoms with E-state index in [1.54, 1.807) is 0 Å². The fourth-order valence-electron chi connectivity index (χ4n) is 6.77. The maximum absolute atomic E-state index is 6.57. The molecule has 0 unspecified atom stereocenters. The van der Waals surface area contributed by atoms with E-state index in [1.807, 2.05) is 48.7 Å². The zero-order chi connectivity index (χ0) is 28.4. The Morgan fingerprint density at radius 3 is 1.95 bits per heavy atom. The monoisotopic (exact) mass is 552 g/mol. The zero-order valence-corrected chi connectivity index (χ0v) is 23.1. The van der Waals surface area contributed by atoms with Crippen LogP contribution >= 0.6 is 0 Å². The normalized spacial score (nSPS) is 13.7. The van der Waals surface area contributed by atoms with Crippen LogP contribution in [-0.4, -0.2) is 9.97 Å². The van der Waals surface area contributed by atoms with Crippen LogP contribution in [0.25, 0.3) is 33.4 Å². The van der Waals surface area contributed by atoms with Gasteiger partial charge in [0.05, 0.1) is 10.9 Å². The highest BCUT2D eigenvalue weighted by molar-refractivity contribution is 5.88. The molecule has 6 aromatic carbocycles. The van der Waals surface area contributed by atoms with E-state index >= 15 is 0 Å². The van der Waals surface area contributed by atoms with Crippen LogP contribution in [0.5, 0.6) is 23.0 Å². The molecule has 202 valence electrons. The molecule has 1 aromatic heterocycles. The summed E-state index contributed by atoms with van der Waals surface area (Å²) in [5.41, 5.74) is 8.47. The van der Waals surface area contributed by atoms with Gasteiger partial charge in [0.2, 0.25) is 0 Å². The van der Waals surface area contributed by atoms with Crippen molar-refractivity contribution in [2.45, 2.75) is 5.41 Å². The standard InChI is InChI=1S/C39H24N2O2/c1-3-12-27(13-4-1)39(28-14-5-2-6-15-28)31-17-9-8-16-29(31)30-22-36-37(23-32(30)39)42-34-20-19-25(21-35(34)43-36)38-40-24-26-11-7-10-18-33(26)41-38/h1-24H. The molecule has 0 fully saturated rings. The lowest BCUT2D eigenvalue weighted by Gasteiger charge is -2.34. The number of nitrogens with zero attached hydrogens (tertiary/aromatic N) is 2. The summed E-state index contributed by atoms with van der Waals surface area (Å²) in [4.78, 5) is 9.39. The number of fused-ring (bicyclic) bond motifs is 6. The highest BCUT2D eigenvalue weighted by atomic mass is 16.6. The summed E-state index contributed by atoms with van der Waals surface area (Å²) in [7, 11) is 0. The Balaban J connectivity index is 1.20. The second kappa shape index (κ2) is 9.13. The summed E-state index contributed by atoms with van der Waals surface area (Å²) in [6.07, 6.45) is 1.86. The maximum Gasteiger partial charge on any atom is 0.170 e. The second-order valence-corrected chi connectivity index (χ2v) is 11.0. The highest BCUT2D eigenvalue weighted by Gasteiger charge is 2.47. The molecule has 0 saturated carbocycles. The van der Waals surface area contributed by atoms with Gasteiger partial charge >= 0.3 is 0 Å². The molecular formula is C39H24N2O2. The van der Waals surface area contributed by atoms with Crippen LogP contribution in [0.4, 0.5) is 0 Å². The van der Waals surface area contributed by atoms with Gasteiger partial charge in [0.1, 0.15) is 0 Å². The summed E-state index contributed by atoms with van der Waals surface area (Å²) in [6, 6.07) is 48.4. The average Bonchev–Trinajstić information content (AvgIpc) is 3.36. The number of ether oxygens (including phenoxy) is 2. The summed E-state index contributed by atoms with van der Waals surface area (Å²) < 4.78 is 13.1. The van der Waals surface area contributed by atoms with Crippen molar-refractivity contribution >= 4 is 10.9 Å². The van der Waals surface area contributed by atoms with Gasteiger partial charge in [0, 0.05) is 17.1 Å². The van der Waals surface area contributed by atoms with Crippen molar-refractivity contribution in [1.82, 2.24) is 9.97 Å². The van der Waals surface area contributed by atoms with Crippen LogP contribution in [0, 0.1) is 0 Å². The molecule has 9 rings (SSSR count). The first-order valence-corrected chi connectivity index (χ1v) is 14.4. The Hall–Kier alpha value is -5.74. The smallest absolute Gasteiger partial charge is 0.170 e. The lowest BCUT2D eigenvalue weighted by atomic mass is 9.67. The summed E-state index contributed by atoms with van der Waals surface area (Å²) in [5, 5.41) is 1.01. The fourth-order valence-corrected chi connectivity index (χ4v) is 6.77. The maximum atomic E-state index is 6.57. The number of rotatable bonds is 3. The molecular weight excluding hydrogens is 528 g/mol. The third-order valence-electron chi connectivity index (χ3n) is 8.65. The third kappa shape index (κ3) is 3.50. The Morgan fingerprint density at radius 1 is 0.488 bits per heavy atom. The predicted molar refractivity (Wildman–Crippen MR) is 169 cm³/mol. The molecule has 43 heavy (non-hydrogen) atoms. The van der Waals surface area contributed by atoms with E-state index in [4.69, 9.17) is 14.5 Å². The van der Waals surface area contributed by atoms with Crippen LogP contribution in [0.2, 0.25) is 0 Å². The first-order valence-electron chi connectivity index (χ1n) is 14.4. The molecule has 0 N–H and O–H groups in total. The predicted octanol–water partition coefficient (Wildman–Crippen LogP) is 9.56. The molecule has 0 amide bonds. The van der Waals surface area contributed by atoms with Crippen LogP contribution in [0.1, 0.15) is 22.3 Å². The van der Waals surface area contributed by atoms with Gasteiger partial charge in [0.15, 0.2) is 28.8 Å². The molecule has 2 aliphatic rings. The van der Waals surface area contributed by atoms with Crippen LogP contribution in [0.3, 0.4) is 0 Å². The minimum Gasteiger partial charge on any atom is -0.450 e. The van der Waals surface area contributed by atoms with Crippen LogP contribution in [-0.2, 0) is 5.41 Å². The van der Waals surface area contributed by atoms with Crippen molar-refractivity contribution in [2.24, 2.45) is 0 Å². The number of hydrogen-bond donors (Lipinski definition) is 0. The van der Waals surface area contributed by atoms with Crippen molar-refractivity contribution < 1.29 is 9.47 Å². The van der Waals surface area contributed by atoms with Crippen molar-refractivity contribution in [3.05, 3.63) is 168 Å². The average molecular weight is 553 g/mol. The van der Waals surface area contributed by atoms with E-state index in [0.29, 0.717) is 28.8 Å². The van der Waals surface area contributed by atoms with Crippen molar-refractivity contribution in [1.29, 1.82) is 0 Å². The van der Waals surface area contributed by atoms with Crippen LogP contribution < -0.4 is 9.47 Å². The molecule has 0 radical (unpaired) electrons. The van der Waals surface area contributed by atoms with Gasteiger partial charge in [-0.3, -0.25) is 0 Å². The van der Waals surface area contributed by atoms with E-state index in [2.05, 4.69) is 102 Å². The second-order valence-electron chi connectivity index (χ2n) is 11.0. The van der Waals surface area contributed by atoms with Gasteiger partial charge in [-0.25, -0.2) is 9.97 Å². The SMILES string of the molecule is c1ccc(C2(c3ccccc3)c3ccccc3-c3cc4c(cc32)Oc2ccc(-c3ncc5ccccc5n3)cc2O4)cc1. The van der Waals surface area contributed by atoms with Gasteiger partial charge in [0.25, 0.3) is 0 Å². The Kier molecular flexibility index (Phi) is 5.08. The van der Waals surface area contributed by atoms with E-state index in [-0.39, 0.29) is 0 Å².